The zero-order chi connectivity index (χ0) is 13.8. The summed E-state index contributed by atoms with van der Waals surface area (Å²) in [6, 6.07) is 2.29. The lowest BCUT2D eigenvalue weighted by molar-refractivity contribution is 0.0168. The second-order valence-electron chi connectivity index (χ2n) is 4.80. The van der Waals surface area contributed by atoms with E-state index in [9.17, 15) is 9.18 Å². The van der Waals surface area contributed by atoms with Crippen molar-refractivity contribution in [2.24, 2.45) is 0 Å². The van der Waals surface area contributed by atoms with Gasteiger partial charge in [-0.3, -0.25) is 0 Å². The van der Waals surface area contributed by atoms with E-state index in [4.69, 9.17) is 21.4 Å². The fourth-order valence-corrected chi connectivity index (χ4v) is 2.52. The number of carbonyl (C=O) groups is 1. The smallest absolute Gasteiger partial charge is 0.338 e. The van der Waals surface area contributed by atoms with Gasteiger partial charge in [0.05, 0.1) is 18.3 Å². The van der Waals surface area contributed by atoms with Crippen LogP contribution in [0.4, 0.5) is 4.39 Å². The number of rotatable bonds is 4. The zero-order valence-corrected chi connectivity index (χ0v) is 11.3. The maximum absolute atomic E-state index is 13.6. The molecule has 0 radical (unpaired) electrons. The summed E-state index contributed by atoms with van der Waals surface area (Å²) in [5.74, 6) is -2.10. The molecule has 0 aliphatic heterocycles. The maximum atomic E-state index is 13.6. The Kier molecular flexibility index (Phi) is 4.77. The molecule has 0 spiro atoms. The summed E-state index contributed by atoms with van der Waals surface area (Å²) < 4.78 is 19.3. The van der Waals surface area contributed by atoms with Crippen LogP contribution in [0.2, 0.25) is 5.02 Å². The summed E-state index contributed by atoms with van der Waals surface area (Å²) in [5.41, 5.74) is 0.0844. The Labute approximate surface area is 116 Å². The van der Waals surface area contributed by atoms with Gasteiger partial charge in [0.2, 0.25) is 0 Å². The van der Waals surface area contributed by atoms with Gasteiger partial charge in [0.15, 0.2) is 0 Å². The molecule has 104 valence electrons. The molecule has 1 aliphatic carbocycles. The van der Waals surface area contributed by atoms with Crippen LogP contribution in [-0.4, -0.2) is 17.2 Å². The van der Waals surface area contributed by atoms with Crippen molar-refractivity contribution in [1.82, 2.24) is 0 Å². The molecule has 1 aromatic rings. The van der Waals surface area contributed by atoms with Gasteiger partial charge in [-0.2, -0.15) is 0 Å². The number of ether oxygens (including phenoxy) is 1. The first-order valence-corrected chi connectivity index (χ1v) is 6.78. The largest absolute Gasteiger partial charge is 0.478 e. The third-order valence-corrected chi connectivity index (χ3v) is 3.75. The van der Waals surface area contributed by atoms with Gasteiger partial charge in [0.25, 0.3) is 0 Å². The molecule has 1 fully saturated rings. The molecule has 2 rings (SSSR count). The highest BCUT2D eigenvalue weighted by Crippen LogP contribution is 2.25. The van der Waals surface area contributed by atoms with Crippen molar-refractivity contribution in [1.29, 1.82) is 0 Å². The van der Waals surface area contributed by atoms with Gasteiger partial charge < -0.3 is 9.84 Å². The van der Waals surface area contributed by atoms with Crippen LogP contribution < -0.4 is 0 Å². The topological polar surface area (TPSA) is 46.5 Å². The van der Waals surface area contributed by atoms with Crippen LogP contribution in [0.1, 0.15) is 48.0 Å². The summed E-state index contributed by atoms with van der Waals surface area (Å²) in [6.07, 6.45) is 5.80. The summed E-state index contributed by atoms with van der Waals surface area (Å²) in [5, 5.41) is 9.02. The molecule has 0 atom stereocenters. The van der Waals surface area contributed by atoms with E-state index in [2.05, 4.69) is 0 Å². The molecule has 0 amide bonds. The standard InChI is InChI=1S/C14H16ClFO3/c15-12-7-11(14(17)18)13(16)6-9(12)8-19-10-4-2-1-3-5-10/h6-7,10H,1-5,8H2,(H,17,18). The molecule has 1 aromatic carbocycles. The number of hydrogen-bond donors (Lipinski definition) is 1. The molecule has 1 saturated carbocycles. The van der Waals surface area contributed by atoms with Crippen molar-refractivity contribution in [3.63, 3.8) is 0 Å². The van der Waals surface area contributed by atoms with Crippen molar-refractivity contribution >= 4 is 17.6 Å². The van der Waals surface area contributed by atoms with E-state index < -0.39 is 17.3 Å². The van der Waals surface area contributed by atoms with Crippen LogP contribution >= 0.6 is 11.6 Å². The highest BCUT2D eigenvalue weighted by atomic mass is 35.5. The first kappa shape index (κ1) is 14.3. The Balaban J connectivity index is 2.04. The second-order valence-corrected chi connectivity index (χ2v) is 5.21. The summed E-state index contributed by atoms with van der Waals surface area (Å²) in [6.45, 7) is 0.223. The normalized spacial score (nSPS) is 16.5. The SMILES string of the molecule is O=C(O)c1cc(Cl)c(COC2CCCCC2)cc1F. The van der Waals surface area contributed by atoms with E-state index in [1.807, 2.05) is 0 Å². The number of hydrogen-bond acceptors (Lipinski definition) is 2. The number of carboxylic acids is 1. The van der Waals surface area contributed by atoms with Crippen LogP contribution in [-0.2, 0) is 11.3 Å². The average Bonchev–Trinajstić information content (AvgIpc) is 2.40. The highest BCUT2D eigenvalue weighted by Gasteiger charge is 2.17. The van der Waals surface area contributed by atoms with Crippen LogP contribution in [0, 0.1) is 5.82 Å². The number of halogens is 2. The molecule has 1 aliphatic rings. The van der Waals surface area contributed by atoms with Crippen LogP contribution in [0.3, 0.4) is 0 Å². The predicted molar refractivity (Wildman–Crippen MR) is 70.0 cm³/mol. The Hall–Kier alpha value is -1.13. The van der Waals surface area contributed by atoms with E-state index in [0.29, 0.717) is 5.56 Å². The molecule has 1 N–H and O–H groups in total. The van der Waals surface area contributed by atoms with Crippen LogP contribution in [0.5, 0.6) is 0 Å². The van der Waals surface area contributed by atoms with Gasteiger partial charge in [-0.25, -0.2) is 9.18 Å². The highest BCUT2D eigenvalue weighted by molar-refractivity contribution is 6.31. The van der Waals surface area contributed by atoms with E-state index >= 15 is 0 Å². The van der Waals surface area contributed by atoms with Crippen molar-refractivity contribution in [2.75, 3.05) is 0 Å². The Morgan fingerprint density at radius 1 is 1.37 bits per heavy atom. The summed E-state index contributed by atoms with van der Waals surface area (Å²) in [4.78, 5) is 10.8. The van der Waals surface area contributed by atoms with Crippen molar-refractivity contribution < 1.29 is 19.0 Å². The van der Waals surface area contributed by atoms with Gasteiger partial charge in [-0.05, 0) is 30.5 Å². The van der Waals surface area contributed by atoms with E-state index in [1.165, 1.54) is 6.42 Å². The second kappa shape index (κ2) is 6.35. The molecule has 0 heterocycles. The molecule has 19 heavy (non-hydrogen) atoms. The van der Waals surface area contributed by atoms with E-state index in [0.717, 1.165) is 37.8 Å². The lowest BCUT2D eigenvalue weighted by Gasteiger charge is -2.22. The first-order chi connectivity index (χ1) is 9.08. The van der Waals surface area contributed by atoms with E-state index in [-0.39, 0.29) is 17.7 Å². The molecule has 5 heteroatoms. The van der Waals surface area contributed by atoms with Gasteiger partial charge in [-0.1, -0.05) is 30.9 Å². The van der Waals surface area contributed by atoms with Gasteiger partial charge in [0.1, 0.15) is 5.82 Å². The van der Waals surface area contributed by atoms with Crippen LogP contribution in [0.15, 0.2) is 12.1 Å². The fourth-order valence-electron chi connectivity index (χ4n) is 2.30. The number of benzene rings is 1. The summed E-state index contributed by atoms with van der Waals surface area (Å²) in [7, 11) is 0. The third-order valence-electron chi connectivity index (χ3n) is 3.39. The Morgan fingerprint density at radius 3 is 2.68 bits per heavy atom. The molecular weight excluding hydrogens is 271 g/mol. The number of carboxylic acid groups (broad SMARTS) is 1. The zero-order valence-electron chi connectivity index (χ0n) is 10.5. The number of aromatic carboxylic acids is 1. The lowest BCUT2D eigenvalue weighted by Crippen LogP contribution is -2.16. The van der Waals surface area contributed by atoms with Gasteiger partial charge >= 0.3 is 5.97 Å². The minimum atomic E-state index is -1.32. The molecule has 0 saturated heterocycles. The quantitative estimate of drug-likeness (QED) is 0.909. The average molecular weight is 287 g/mol. The van der Waals surface area contributed by atoms with Gasteiger partial charge in [-0.15, -0.1) is 0 Å². The van der Waals surface area contributed by atoms with Crippen molar-refractivity contribution in [2.45, 2.75) is 44.8 Å². The fraction of sp³-hybridized carbons (Fsp3) is 0.500. The monoisotopic (exact) mass is 286 g/mol. The van der Waals surface area contributed by atoms with Gasteiger partial charge in [0, 0.05) is 5.02 Å². The summed E-state index contributed by atoms with van der Waals surface area (Å²) >= 11 is 5.95. The van der Waals surface area contributed by atoms with Crippen LogP contribution in [0.25, 0.3) is 0 Å². The molecular formula is C14H16ClFO3. The third kappa shape index (κ3) is 3.67. The molecule has 0 unspecified atom stereocenters. The van der Waals surface area contributed by atoms with E-state index in [1.54, 1.807) is 0 Å². The predicted octanol–water partition coefficient (Wildman–Crippen LogP) is 4.03. The Bertz CT molecular complexity index is 470. The minimum Gasteiger partial charge on any atom is -0.478 e. The minimum absolute atomic E-state index is 0.201. The molecule has 3 nitrogen and oxygen atoms in total. The molecule has 0 aromatic heterocycles. The first-order valence-electron chi connectivity index (χ1n) is 6.40. The maximum Gasteiger partial charge on any atom is 0.338 e. The van der Waals surface area contributed by atoms with Crippen molar-refractivity contribution in [3.05, 3.63) is 34.1 Å². The lowest BCUT2D eigenvalue weighted by atomic mass is 9.98. The van der Waals surface area contributed by atoms with Crippen molar-refractivity contribution in [3.8, 4) is 0 Å². The molecule has 0 bridgehead atoms. The Morgan fingerprint density at radius 2 is 2.05 bits per heavy atom.